The van der Waals surface area contributed by atoms with Crippen molar-refractivity contribution in [3.8, 4) is 22.6 Å². The molecular formula is C20H16ClN5OS2. The molecular weight excluding hydrogens is 426 g/mol. The molecule has 0 fully saturated rings. The van der Waals surface area contributed by atoms with Crippen LogP contribution < -0.4 is 5.32 Å². The van der Waals surface area contributed by atoms with Gasteiger partial charge in [-0.05, 0) is 49.0 Å². The van der Waals surface area contributed by atoms with Gasteiger partial charge < -0.3 is 5.32 Å². The van der Waals surface area contributed by atoms with E-state index in [-0.39, 0.29) is 12.5 Å². The van der Waals surface area contributed by atoms with Gasteiger partial charge in [0.1, 0.15) is 6.54 Å². The van der Waals surface area contributed by atoms with E-state index in [0.29, 0.717) is 20.7 Å². The SMILES string of the molecule is Cc1ccccc1-c1csc(NC(=O)Cn2c(-c3ccc(Cl)cc3)n[nH]c2=S)n1. The Hall–Kier alpha value is -2.81. The Bertz CT molecular complexity index is 1230. The summed E-state index contributed by atoms with van der Waals surface area (Å²) >= 11 is 12.6. The van der Waals surface area contributed by atoms with Crippen LogP contribution in [0.5, 0.6) is 0 Å². The van der Waals surface area contributed by atoms with Crippen molar-refractivity contribution in [2.24, 2.45) is 0 Å². The van der Waals surface area contributed by atoms with Crippen LogP contribution in [0, 0.1) is 11.7 Å². The summed E-state index contributed by atoms with van der Waals surface area (Å²) in [6.45, 7) is 2.05. The second-order valence-corrected chi connectivity index (χ2v) is 8.03. The molecule has 0 aliphatic carbocycles. The molecule has 4 rings (SSSR count). The van der Waals surface area contributed by atoms with Crippen molar-refractivity contribution < 1.29 is 4.79 Å². The fraction of sp³-hybridized carbons (Fsp3) is 0.100. The minimum Gasteiger partial charge on any atom is -0.300 e. The van der Waals surface area contributed by atoms with E-state index >= 15 is 0 Å². The number of carbonyl (C=O) groups is 1. The van der Waals surface area contributed by atoms with Gasteiger partial charge in [0.05, 0.1) is 5.69 Å². The zero-order valence-electron chi connectivity index (χ0n) is 15.3. The van der Waals surface area contributed by atoms with Gasteiger partial charge in [-0.2, -0.15) is 5.10 Å². The lowest BCUT2D eigenvalue weighted by Crippen LogP contribution is -2.19. The fourth-order valence-electron chi connectivity index (χ4n) is 2.90. The van der Waals surface area contributed by atoms with E-state index in [0.717, 1.165) is 22.4 Å². The highest BCUT2D eigenvalue weighted by Crippen LogP contribution is 2.27. The number of carbonyl (C=O) groups excluding carboxylic acids is 1. The molecule has 2 heterocycles. The van der Waals surface area contributed by atoms with Crippen LogP contribution in [0.4, 0.5) is 5.13 Å². The van der Waals surface area contributed by atoms with Crippen LogP contribution in [-0.2, 0) is 11.3 Å². The molecule has 1 amide bonds. The number of nitrogens with zero attached hydrogens (tertiary/aromatic N) is 3. The zero-order chi connectivity index (χ0) is 20.4. The van der Waals surface area contributed by atoms with E-state index in [2.05, 4.69) is 20.5 Å². The van der Waals surface area contributed by atoms with Gasteiger partial charge in [-0.15, -0.1) is 11.3 Å². The largest absolute Gasteiger partial charge is 0.300 e. The number of nitrogens with one attached hydrogen (secondary N) is 2. The molecule has 0 unspecified atom stereocenters. The Morgan fingerprint density at radius 2 is 2.00 bits per heavy atom. The molecule has 2 N–H and O–H groups in total. The molecule has 0 atom stereocenters. The number of hydrogen-bond donors (Lipinski definition) is 2. The van der Waals surface area contributed by atoms with E-state index in [1.54, 1.807) is 16.7 Å². The van der Waals surface area contributed by atoms with Crippen molar-refractivity contribution in [3.63, 3.8) is 0 Å². The first kappa shape index (κ1) is 19.5. The van der Waals surface area contributed by atoms with Crippen LogP contribution in [0.15, 0.2) is 53.9 Å². The van der Waals surface area contributed by atoms with Gasteiger partial charge in [-0.3, -0.25) is 14.5 Å². The summed E-state index contributed by atoms with van der Waals surface area (Å²) in [7, 11) is 0. The van der Waals surface area contributed by atoms with Crippen molar-refractivity contribution in [2.45, 2.75) is 13.5 Å². The van der Waals surface area contributed by atoms with Gasteiger partial charge in [-0.25, -0.2) is 4.98 Å². The fourth-order valence-corrected chi connectivity index (χ4v) is 3.95. The van der Waals surface area contributed by atoms with Gasteiger partial charge in [0.2, 0.25) is 5.91 Å². The maximum Gasteiger partial charge on any atom is 0.246 e. The lowest BCUT2D eigenvalue weighted by Gasteiger charge is -2.07. The molecule has 0 bridgehead atoms. The summed E-state index contributed by atoms with van der Waals surface area (Å²) < 4.78 is 2.01. The van der Waals surface area contributed by atoms with Gasteiger partial charge >= 0.3 is 0 Å². The molecule has 0 saturated heterocycles. The van der Waals surface area contributed by atoms with Crippen molar-refractivity contribution in [1.29, 1.82) is 0 Å². The number of amides is 1. The van der Waals surface area contributed by atoms with Crippen molar-refractivity contribution in [3.05, 3.63) is 69.3 Å². The Morgan fingerprint density at radius 1 is 1.24 bits per heavy atom. The number of H-pyrrole nitrogens is 1. The van der Waals surface area contributed by atoms with Gasteiger partial charge in [0.15, 0.2) is 15.7 Å². The number of hydrogen-bond acceptors (Lipinski definition) is 5. The van der Waals surface area contributed by atoms with Crippen LogP contribution in [-0.4, -0.2) is 25.7 Å². The molecule has 0 spiro atoms. The number of aromatic nitrogens is 4. The predicted molar refractivity (Wildman–Crippen MR) is 119 cm³/mol. The highest BCUT2D eigenvalue weighted by atomic mass is 35.5. The van der Waals surface area contributed by atoms with Gasteiger partial charge in [-0.1, -0.05) is 35.9 Å². The molecule has 146 valence electrons. The standard InChI is InChI=1S/C20H16ClN5OS2/c1-12-4-2-3-5-15(12)16-11-29-19(22-16)23-17(27)10-26-18(24-25-20(26)28)13-6-8-14(21)9-7-13/h2-9,11H,10H2,1H3,(H,25,28)(H,22,23,27). The first-order chi connectivity index (χ1) is 14.0. The smallest absolute Gasteiger partial charge is 0.246 e. The number of rotatable bonds is 5. The zero-order valence-corrected chi connectivity index (χ0v) is 17.7. The number of halogens is 1. The van der Waals surface area contributed by atoms with E-state index in [1.807, 2.05) is 48.7 Å². The summed E-state index contributed by atoms with van der Waals surface area (Å²) in [6.07, 6.45) is 0. The topological polar surface area (TPSA) is 75.6 Å². The van der Waals surface area contributed by atoms with Crippen LogP contribution in [0.25, 0.3) is 22.6 Å². The number of aromatic amines is 1. The Labute approximate surface area is 181 Å². The predicted octanol–water partition coefficient (Wildman–Crippen LogP) is 5.33. The monoisotopic (exact) mass is 441 g/mol. The average molecular weight is 442 g/mol. The lowest BCUT2D eigenvalue weighted by molar-refractivity contribution is -0.116. The molecule has 29 heavy (non-hydrogen) atoms. The van der Waals surface area contributed by atoms with Crippen LogP contribution >= 0.6 is 35.2 Å². The molecule has 4 aromatic rings. The summed E-state index contributed by atoms with van der Waals surface area (Å²) in [5, 5.41) is 12.9. The molecule has 2 aromatic heterocycles. The van der Waals surface area contributed by atoms with Crippen LogP contribution in [0.2, 0.25) is 5.02 Å². The van der Waals surface area contributed by atoms with E-state index in [9.17, 15) is 4.79 Å². The molecule has 0 aliphatic heterocycles. The van der Waals surface area contributed by atoms with E-state index in [4.69, 9.17) is 23.8 Å². The molecule has 0 aliphatic rings. The maximum absolute atomic E-state index is 12.6. The maximum atomic E-state index is 12.6. The first-order valence-corrected chi connectivity index (χ1v) is 10.4. The van der Waals surface area contributed by atoms with Gasteiger partial charge in [0.25, 0.3) is 0 Å². The second kappa shape index (κ2) is 8.28. The molecule has 0 saturated carbocycles. The van der Waals surface area contributed by atoms with Crippen LogP contribution in [0.1, 0.15) is 5.56 Å². The minimum absolute atomic E-state index is 0.0204. The number of aryl methyl sites for hydroxylation is 1. The number of thiazole rings is 1. The summed E-state index contributed by atoms with van der Waals surface area (Å²) in [4.78, 5) is 17.1. The Kier molecular flexibility index (Phi) is 5.57. The van der Waals surface area contributed by atoms with E-state index in [1.165, 1.54) is 11.3 Å². The second-order valence-electron chi connectivity index (χ2n) is 6.35. The molecule has 9 heteroatoms. The average Bonchev–Trinajstić information content (AvgIpc) is 3.30. The summed E-state index contributed by atoms with van der Waals surface area (Å²) in [5.41, 5.74) is 3.83. The number of benzene rings is 2. The van der Waals surface area contributed by atoms with Crippen molar-refractivity contribution in [1.82, 2.24) is 19.7 Å². The molecule has 0 radical (unpaired) electrons. The normalized spacial score (nSPS) is 10.8. The highest BCUT2D eigenvalue weighted by molar-refractivity contribution is 7.71. The quantitative estimate of drug-likeness (QED) is 0.410. The van der Waals surface area contributed by atoms with Crippen molar-refractivity contribution >= 4 is 46.2 Å². The highest BCUT2D eigenvalue weighted by Gasteiger charge is 2.14. The minimum atomic E-state index is -0.233. The summed E-state index contributed by atoms with van der Waals surface area (Å²) in [5.74, 6) is 0.338. The lowest BCUT2D eigenvalue weighted by atomic mass is 10.1. The molecule has 2 aromatic carbocycles. The summed E-state index contributed by atoms with van der Waals surface area (Å²) in [6, 6.07) is 15.2. The third kappa shape index (κ3) is 4.29. The number of anilines is 1. The van der Waals surface area contributed by atoms with Gasteiger partial charge in [0, 0.05) is 21.5 Å². The van der Waals surface area contributed by atoms with E-state index < -0.39 is 0 Å². The Morgan fingerprint density at radius 3 is 2.76 bits per heavy atom. The Balaban J connectivity index is 1.52. The van der Waals surface area contributed by atoms with Crippen molar-refractivity contribution in [2.75, 3.05) is 5.32 Å². The first-order valence-electron chi connectivity index (χ1n) is 8.74. The van der Waals surface area contributed by atoms with Crippen LogP contribution in [0.3, 0.4) is 0 Å². The third-order valence-corrected chi connectivity index (χ3v) is 5.66. The third-order valence-electron chi connectivity index (χ3n) is 4.33. The molecule has 6 nitrogen and oxygen atoms in total.